The third-order valence-electron chi connectivity index (χ3n) is 5.72. The SMILES string of the molecule is CCCCCCCCc1ccc2ccccc2c1CCCCCCCC.[Zn]. The van der Waals surface area contributed by atoms with Gasteiger partial charge >= 0.3 is 0 Å². The van der Waals surface area contributed by atoms with Gasteiger partial charge in [-0.15, -0.1) is 0 Å². The molecular formula is C26H40Zn. The Balaban J connectivity index is 0.00000364. The van der Waals surface area contributed by atoms with E-state index in [2.05, 4.69) is 50.2 Å². The summed E-state index contributed by atoms with van der Waals surface area (Å²) in [4.78, 5) is 0. The molecule has 146 valence electrons. The number of hydrogen-bond acceptors (Lipinski definition) is 0. The summed E-state index contributed by atoms with van der Waals surface area (Å²) in [6, 6.07) is 13.8. The molecule has 0 aliphatic rings. The molecule has 0 saturated carbocycles. The second-order valence-corrected chi connectivity index (χ2v) is 7.96. The standard InChI is InChI=1S/C26H40.Zn/c1-3-5-7-9-11-13-17-23-21-22-24-18-15-16-20-26(24)25(23)19-14-12-10-8-6-4-2;/h15-16,18,20-22H,3-14,17,19H2,1-2H3;. The van der Waals surface area contributed by atoms with Crippen LogP contribution in [0.15, 0.2) is 36.4 Å². The molecular weight excluding hydrogens is 378 g/mol. The van der Waals surface area contributed by atoms with Gasteiger partial charge in [0.1, 0.15) is 0 Å². The molecule has 2 rings (SSSR count). The van der Waals surface area contributed by atoms with Crippen molar-refractivity contribution in [2.75, 3.05) is 0 Å². The van der Waals surface area contributed by atoms with Gasteiger partial charge in [0, 0.05) is 19.5 Å². The van der Waals surface area contributed by atoms with E-state index < -0.39 is 0 Å². The number of aryl methyl sites for hydroxylation is 2. The van der Waals surface area contributed by atoms with Gasteiger partial charge < -0.3 is 0 Å². The molecule has 0 fully saturated rings. The number of fused-ring (bicyclic) bond motifs is 1. The molecule has 0 amide bonds. The van der Waals surface area contributed by atoms with Crippen LogP contribution in [0.4, 0.5) is 0 Å². The van der Waals surface area contributed by atoms with E-state index in [1.807, 2.05) is 0 Å². The fourth-order valence-corrected chi connectivity index (χ4v) is 4.09. The molecule has 1 heteroatoms. The molecule has 0 atom stereocenters. The summed E-state index contributed by atoms with van der Waals surface area (Å²) in [6.45, 7) is 4.59. The maximum Gasteiger partial charge on any atom is 0 e. The van der Waals surface area contributed by atoms with Crippen LogP contribution in [0.2, 0.25) is 0 Å². The van der Waals surface area contributed by atoms with Gasteiger partial charge in [0.2, 0.25) is 0 Å². The van der Waals surface area contributed by atoms with Crippen molar-refractivity contribution in [2.45, 2.75) is 104 Å². The number of unbranched alkanes of at least 4 members (excludes halogenated alkanes) is 10. The largest absolute Gasteiger partial charge is 0.0654 e. The molecule has 0 aliphatic carbocycles. The minimum Gasteiger partial charge on any atom is -0.0654 e. The molecule has 0 saturated heterocycles. The van der Waals surface area contributed by atoms with Crippen molar-refractivity contribution in [2.24, 2.45) is 0 Å². The molecule has 0 bridgehead atoms. The Labute approximate surface area is 181 Å². The Bertz CT molecular complexity index is 617. The zero-order valence-electron chi connectivity index (χ0n) is 18.1. The molecule has 0 N–H and O–H groups in total. The first-order valence-corrected chi connectivity index (χ1v) is 11.4. The topological polar surface area (TPSA) is 0 Å². The van der Waals surface area contributed by atoms with E-state index in [4.69, 9.17) is 0 Å². The van der Waals surface area contributed by atoms with Crippen LogP contribution in [0.3, 0.4) is 0 Å². The fraction of sp³-hybridized carbons (Fsp3) is 0.615. The maximum absolute atomic E-state index is 2.42. The zero-order valence-corrected chi connectivity index (χ0v) is 21.0. The monoisotopic (exact) mass is 416 g/mol. The van der Waals surface area contributed by atoms with Gasteiger partial charge in [-0.05, 0) is 47.6 Å². The third-order valence-corrected chi connectivity index (χ3v) is 5.72. The van der Waals surface area contributed by atoms with Crippen LogP contribution in [0.5, 0.6) is 0 Å². The molecule has 0 radical (unpaired) electrons. The van der Waals surface area contributed by atoms with Crippen molar-refractivity contribution in [3.8, 4) is 0 Å². The molecule has 27 heavy (non-hydrogen) atoms. The Kier molecular flexibility index (Phi) is 13.8. The van der Waals surface area contributed by atoms with Gasteiger partial charge in [-0.25, -0.2) is 0 Å². The molecule has 0 nitrogen and oxygen atoms in total. The quantitative estimate of drug-likeness (QED) is 0.213. The second kappa shape index (κ2) is 15.3. The summed E-state index contributed by atoms with van der Waals surface area (Å²) in [6.07, 6.45) is 19.1. The van der Waals surface area contributed by atoms with E-state index in [1.54, 1.807) is 11.1 Å². The van der Waals surface area contributed by atoms with Gasteiger partial charge in [0.15, 0.2) is 0 Å². The Morgan fingerprint density at radius 1 is 0.556 bits per heavy atom. The third kappa shape index (κ3) is 8.91. The summed E-state index contributed by atoms with van der Waals surface area (Å²) >= 11 is 0. The number of hydrogen-bond donors (Lipinski definition) is 0. The molecule has 0 aromatic heterocycles. The second-order valence-electron chi connectivity index (χ2n) is 7.96. The number of rotatable bonds is 14. The first-order chi connectivity index (χ1) is 12.9. The average molecular weight is 418 g/mol. The predicted molar refractivity (Wildman–Crippen MR) is 118 cm³/mol. The van der Waals surface area contributed by atoms with Crippen molar-refractivity contribution < 1.29 is 19.5 Å². The van der Waals surface area contributed by atoms with Crippen molar-refractivity contribution in [1.29, 1.82) is 0 Å². The zero-order chi connectivity index (χ0) is 18.5. The van der Waals surface area contributed by atoms with Crippen molar-refractivity contribution in [3.63, 3.8) is 0 Å². The van der Waals surface area contributed by atoms with Crippen LogP contribution >= 0.6 is 0 Å². The van der Waals surface area contributed by atoms with Crippen molar-refractivity contribution >= 4 is 10.8 Å². The fourth-order valence-electron chi connectivity index (χ4n) is 4.09. The first kappa shape index (κ1) is 24.4. The van der Waals surface area contributed by atoms with E-state index in [1.165, 1.54) is 101 Å². The van der Waals surface area contributed by atoms with Gasteiger partial charge in [-0.1, -0.05) is 114 Å². The Morgan fingerprint density at radius 2 is 1.11 bits per heavy atom. The van der Waals surface area contributed by atoms with Crippen molar-refractivity contribution in [3.05, 3.63) is 47.5 Å². The summed E-state index contributed by atoms with van der Waals surface area (Å²) in [7, 11) is 0. The van der Waals surface area contributed by atoms with Crippen LogP contribution in [-0.4, -0.2) is 0 Å². The van der Waals surface area contributed by atoms with Crippen LogP contribution < -0.4 is 0 Å². The van der Waals surface area contributed by atoms with Crippen LogP contribution in [0, 0.1) is 0 Å². The molecule has 0 heterocycles. The molecule has 0 spiro atoms. The molecule has 2 aromatic carbocycles. The van der Waals surface area contributed by atoms with Gasteiger partial charge in [0.05, 0.1) is 0 Å². The summed E-state index contributed by atoms with van der Waals surface area (Å²) in [5.74, 6) is 0. The van der Waals surface area contributed by atoms with E-state index >= 15 is 0 Å². The van der Waals surface area contributed by atoms with Crippen LogP contribution in [0.25, 0.3) is 10.8 Å². The maximum atomic E-state index is 2.42. The predicted octanol–water partition coefficient (Wildman–Crippen LogP) is 8.64. The van der Waals surface area contributed by atoms with E-state index in [0.29, 0.717) is 0 Å². The molecule has 0 aliphatic heterocycles. The summed E-state index contributed by atoms with van der Waals surface area (Å²) < 4.78 is 0. The minimum absolute atomic E-state index is 0. The normalized spacial score (nSPS) is 10.9. The first-order valence-electron chi connectivity index (χ1n) is 11.4. The molecule has 0 unspecified atom stereocenters. The van der Waals surface area contributed by atoms with Crippen LogP contribution in [-0.2, 0) is 32.3 Å². The van der Waals surface area contributed by atoms with E-state index in [-0.39, 0.29) is 19.5 Å². The summed E-state index contributed by atoms with van der Waals surface area (Å²) in [5.41, 5.74) is 3.26. The number of benzene rings is 2. The van der Waals surface area contributed by atoms with Gasteiger partial charge in [0.25, 0.3) is 0 Å². The van der Waals surface area contributed by atoms with Crippen LogP contribution in [0.1, 0.15) is 102 Å². The minimum atomic E-state index is 0. The van der Waals surface area contributed by atoms with E-state index in [0.717, 1.165) is 0 Å². The molecule has 2 aromatic rings. The van der Waals surface area contributed by atoms with E-state index in [9.17, 15) is 0 Å². The van der Waals surface area contributed by atoms with Gasteiger partial charge in [-0.3, -0.25) is 0 Å². The summed E-state index contributed by atoms with van der Waals surface area (Å²) in [5, 5.41) is 2.92. The van der Waals surface area contributed by atoms with Gasteiger partial charge in [-0.2, -0.15) is 0 Å². The smallest absolute Gasteiger partial charge is 0 e. The van der Waals surface area contributed by atoms with Crippen molar-refractivity contribution in [1.82, 2.24) is 0 Å². The average Bonchev–Trinajstić information content (AvgIpc) is 2.68. The Hall–Kier alpha value is -0.677. The Morgan fingerprint density at radius 3 is 1.78 bits per heavy atom.